The minimum atomic E-state index is 0.0567. The molecular formula is C16H20N2O. The van der Waals surface area contributed by atoms with Gasteiger partial charge in [0.25, 0.3) is 0 Å². The van der Waals surface area contributed by atoms with Crippen molar-refractivity contribution in [1.29, 1.82) is 0 Å². The molecule has 0 bridgehead atoms. The molecule has 0 radical (unpaired) electrons. The first-order valence-electron chi connectivity index (χ1n) is 6.55. The van der Waals surface area contributed by atoms with Crippen molar-refractivity contribution >= 4 is 0 Å². The largest absolute Gasteiger partial charge is 0.493 e. The van der Waals surface area contributed by atoms with E-state index in [0.717, 1.165) is 29.0 Å². The van der Waals surface area contributed by atoms with Crippen LogP contribution in [-0.2, 0) is 6.42 Å². The lowest BCUT2D eigenvalue weighted by molar-refractivity contribution is 0.318. The molecule has 0 aliphatic carbocycles. The van der Waals surface area contributed by atoms with Gasteiger partial charge >= 0.3 is 0 Å². The van der Waals surface area contributed by atoms with Crippen molar-refractivity contribution in [2.45, 2.75) is 26.3 Å². The summed E-state index contributed by atoms with van der Waals surface area (Å²) in [5.41, 5.74) is 9.16. The number of aromatic nitrogens is 1. The molecule has 3 heteroatoms. The lowest BCUT2D eigenvalue weighted by atomic mass is 10.1. The molecule has 0 spiro atoms. The molecule has 0 fully saturated rings. The van der Waals surface area contributed by atoms with Gasteiger partial charge in [-0.25, -0.2) is 0 Å². The standard InChI is InChI=1S/C16H20N2O/c1-12-11-14(13(2)17)6-7-16(12)19-10-8-15-5-3-4-9-18-15/h3-7,9,11,13H,8,10,17H2,1-2H3/t13-/m0/s1. The van der Waals surface area contributed by atoms with E-state index < -0.39 is 0 Å². The molecule has 1 aromatic carbocycles. The monoisotopic (exact) mass is 256 g/mol. The van der Waals surface area contributed by atoms with E-state index in [2.05, 4.69) is 11.1 Å². The number of hydrogen-bond donors (Lipinski definition) is 1. The molecule has 1 aromatic heterocycles. The highest BCUT2D eigenvalue weighted by molar-refractivity contribution is 5.37. The van der Waals surface area contributed by atoms with Gasteiger partial charge in [-0.15, -0.1) is 0 Å². The number of pyridine rings is 1. The third-order valence-corrected chi connectivity index (χ3v) is 3.07. The van der Waals surface area contributed by atoms with Gasteiger partial charge in [-0.3, -0.25) is 4.98 Å². The number of hydrogen-bond acceptors (Lipinski definition) is 3. The Bertz CT molecular complexity index is 524. The van der Waals surface area contributed by atoms with Crippen LogP contribution in [0, 0.1) is 6.92 Å². The molecule has 2 rings (SSSR count). The van der Waals surface area contributed by atoms with Crippen molar-refractivity contribution in [1.82, 2.24) is 4.98 Å². The fraction of sp³-hybridized carbons (Fsp3) is 0.312. The van der Waals surface area contributed by atoms with Crippen molar-refractivity contribution in [3.05, 3.63) is 59.4 Å². The number of benzene rings is 1. The van der Waals surface area contributed by atoms with E-state index in [-0.39, 0.29) is 6.04 Å². The first-order valence-corrected chi connectivity index (χ1v) is 6.55. The average molecular weight is 256 g/mol. The SMILES string of the molecule is Cc1cc([C@H](C)N)ccc1OCCc1ccccn1. The topological polar surface area (TPSA) is 48.1 Å². The van der Waals surface area contributed by atoms with Gasteiger partial charge in [0.1, 0.15) is 5.75 Å². The van der Waals surface area contributed by atoms with Crippen molar-refractivity contribution in [3.8, 4) is 5.75 Å². The van der Waals surface area contributed by atoms with Crippen molar-refractivity contribution in [2.24, 2.45) is 5.73 Å². The van der Waals surface area contributed by atoms with E-state index in [9.17, 15) is 0 Å². The maximum atomic E-state index is 5.86. The predicted octanol–water partition coefficient (Wildman–Crippen LogP) is 3.03. The summed E-state index contributed by atoms with van der Waals surface area (Å²) in [5, 5.41) is 0. The van der Waals surface area contributed by atoms with E-state index in [4.69, 9.17) is 10.5 Å². The second-order valence-corrected chi connectivity index (χ2v) is 4.73. The molecule has 1 atom stereocenters. The van der Waals surface area contributed by atoms with Crippen LogP contribution in [0.3, 0.4) is 0 Å². The van der Waals surface area contributed by atoms with E-state index >= 15 is 0 Å². The zero-order chi connectivity index (χ0) is 13.7. The molecule has 0 amide bonds. The van der Waals surface area contributed by atoms with Crippen LogP contribution in [0.15, 0.2) is 42.6 Å². The fourth-order valence-electron chi connectivity index (χ4n) is 1.93. The highest BCUT2D eigenvalue weighted by atomic mass is 16.5. The summed E-state index contributed by atoms with van der Waals surface area (Å²) in [6.45, 7) is 4.66. The summed E-state index contributed by atoms with van der Waals surface area (Å²) in [6.07, 6.45) is 2.62. The van der Waals surface area contributed by atoms with E-state index in [0.29, 0.717) is 6.61 Å². The maximum Gasteiger partial charge on any atom is 0.122 e. The van der Waals surface area contributed by atoms with Gasteiger partial charge in [0.05, 0.1) is 6.61 Å². The Morgan fingerprint density at radius 3 is 2.74 bits per heavy atom. The molecular weight excluding hydrogens is 236 g/mol. The molecule has 19 heavy (non-hydrogen) atoms. The second kappa shape index (κ2) is 6.34. The van der Waals surface area contributed by atoms with Crippen LogP contribution >= 0.6 is 0 Å². The molecule has 2 N–H and O–H groups in total. The molecule has 0 saturated carbocycles. The summed E-state index contributed by atoms with van der Waals surface area (Å²) < 4.78 is 5.79. The van der Waals surface area contributed by atoms with Crippen molar-refractivity contribution in [2.75, 3.05) is 6.61 Å². The highest BCUT2D eigenvalue weighted by Gasteiger charge is 2.04. The Labute approximate surface area is 114 Å². The molecule has 3 nitrogen and oxygen atoms in total. The maximum absolute atomic E-state index is 5.86. The van der Waals surface area contributed by atoms with Gasteiger partial charge in [0.15, 0.2) is 0 Å². The fourth-order valence-corrected chi connectivity index (χ4v) is 1.93. The zero-order valence-electron chi connectivity index (χ0n) is 11.5. The smallest absolute Gasteiger partial charge is 0.122 e. The second-order valence-electron chi connectivity index (χ2n) is 4.73. The van der Waals surface area contributed by atoms with Crippen LogP contribution in [0.2, 0.25) is 0 Å². The molecule has 0 saturated heterocycles. The normalized spacial score (nSPS) is 12.2. The Kier molecular flexibility index (Phi) is 4.53. The Balaban J connectivity index is 1.93. The third-order valence-electron chi connectivity index (χ3n) is 3.07. The van der Waals surface area contributed by atoms with E-state index in [1.165, 1.54) is 0 Å². The van der Waals surface area contributed by atoms with Crippen molar-refractivity contribution < 1.29 is 4.74 Å². The molecule has 100 valence electrons. The van der Waals surface area contributed by atoms with Gasteiger partial charge in [0.2, 0.25) is 0 Å². The van der Waals surface area contributed by atoms with Gasteiger partial charge in [-0.05, 0) is 43.2 Å². The van der Waals surface area contributed by atoms with Crippen LogP contribution in [0.5, 0.6) is 5.75 Å². The summed E-state index contributed by atoms with van der Waals surface area (Å²) in [6, 6.07) is 12.1. The molecule has 1 heterocycles. The predicted molar refractivity (Wildman–Crippen MR) is 77.2 cm³/mol. The first-order chi connectivity index (χ1) is 9.16. The summed E-state index contributed by atoms with van der Waals surface area (Å²) >= 11 is 0. The minimum absolute atomic E-state index is 0.0567. The number of aryl methyl sites for hydroxylation is 1. The van der Waals surface area contributed by atoms with Crippen LogP contribution in [-0.4, -0.2) is 11.6 Å². The van der Waals surface area contributed by atoms with Gasteiger partial charge < -0.3 is 10.5 Å². The van der Waals surface area contributed by atoms with Crippen LogP contribution in [0.4, 0.5) is 0 Å². The van der Waals surface area contributed by atoms with Gasteiger partial charge in [0, 0.05) is 24.4 Å². The molecule has 0 aliphatic rings. The third kappa shape index (κ3) is 3.80. The number of nitrogens with zero attached hydrogens (tertiary/aromatic N) is 1. The zero-order valence-corrected chi connectivity index (χ0v) is 11.5. The quantitative estimate of drug-likeness (QED) is 0.894. The highest BCUT2D eigenvalue weighted by Crippen LogP contribution is 2.21. The molecule has 2 aromatic rings. The molecule has 0 aliphatic heterocycles. The van der Waals surface area contributed by atoms with Crippen LogP contribution < -0.4 is 10.5 Å². The van der Waals surface area contributed by atoms with Crippen LogP contribution in [0.1, 0.15) is 29.8 Å². The Hall–Kier alpha value is -1.87. The van der Waals surface area contributed by atoms with Crippen LogP contribution in [0.25, 0.3) is 0 Å². The lowest BCUT2D eigenvalue weighted by Gasteiger charge is -2.12. The Morgan fingerprint density at radius 1 is 1.26 bits per heavy atom. The molecule has 0 unspecified atom stereocenters. The van der Waals surface area contributed by atoms with Crippen molar-refractivity contribution in [3.63, 3.8) is 0 Å². The summed E-state index contributed by atoms with van der Waals surface area (Å²) in [7, 11) is 0. The summed E-state index contributed by atoms with van der Waals surface area (Å²) in [4.78, 5) is 4.27. The minimum Gasteiger partial charge on any atom is -0.493 e. The van der Waals surface area contributed by atoms with Gasteiger partial charge in [-0.2, -0.15) is 0 Å². The average Bonchev–Trinajstić information content (AvgIpc) is 2.41. The van der Waals surface area contributed by atoms with Gasteiger partial charge in [-0.1, -0.05) is 18.2 Å². The Morgan fingerprint density at radius 2 is 2.11 bits per heavy atom. The number of ether oxygens (including phenoxy) is 1. The summed E-state index contributed by atoms with van der Waals surface area (Å²) in [5.74, 6) is 0.917. The number of nitrogens with two attached hydrogens (primary N) is 1. The van der Waals surface area contributed by atoms with E-state index in [1.807, 2.05) is 44.2 Å². The number of rotatable bonds is 5. The first kappa shape index (κ1) is 13.6. The van der Waals surface area contributed by atoms with E-state index in [1.54, 1.807) is 6.20 Å². The lowest BCUT2D eigenvalue weighted by Crippen LogP contribution is -2.07.